The molecule has 2 aromatic rings. The lowest BCUT2D eigenvalue weighted by Gasteiger charge is -2.11. The second kappa shape index (κ2) is 9.46. The Balaban J connectivity index is 1.72. The Kier molecular flexibility index (Phi) is 7.02. The van der Waals surface area contributed by atoms with Gasteiger partial charge in [0.05, 0.1) is 6.54 Å². The van der Waals surface area contributed by atoms with Gasteiger partial charge in [-0.15, -0.1) is 0 Å². The molecular weight excluding hydrogens is 330 g/mol. The highest BCUT2D eigenvalue weighted by atomic mass is 16.5. The number of rotatable bonds is 7. The fourth-order valence-corrected chi connectivity index (χ4v) is 2.31. The summed E-state index contributed by atoms with van der Waals surface area (Å²) in [7, 11) is 0. The average Bonchev–Trinajstić information content (AvgIpc) is 2.60. The van der Waals surface area contributed by atoms with Crippen LogP contribution in [0.15, 0.2) is 48.5 Å². The molecule has 138 valence electrons. The lowest BCUT2D eigenvalue weighted by Crippen LogP contribution is -2.32. The van der Waals surface area contributed by atoms with E-state index in [1.807, 2.05) is 18.2 Å². The van der Waals surface area contributed by atoms with Crippen molar-refractivity contribution in [1.29, 1.82) is 0 Å². The van der Waals surface area contributed by atoms with E-state index < -0.39 is 0 Å². The van der Waals surface area contributed by atoms with E-state index in [0.717, 1.165) is 5.75 Å². The monoisotopic (exact) mass is 355 g/mol. The van der Waals surface area contributed by atoms with Crippen LogP contribution in [0.1, 0.15) is 32.3 Å². The van der Waals surface area contributed by atoms with Crippen LogP contribution in [0.5, 0.6) is 5.75 Å². The van der Waals surface area contributed by atoms with Crippen molar-refractivity contribution in [1.82, 2.24) is 5.32 Å². The van der Waals surface area contributed by atoms with Crippen LogP contribution in [0.2, 0.25) is 0 Å². The molecule has 0 atom stereocenters. The van der Waals surface area contributed by atoms with Crippen molar-refractivity contribution in [2.24, 2.45) is 0 Å². The number of benzene rings is 2. The topological polar surface area (TPSA) is 79.5 Å². The van der Waals surface area contributed by atoms with E-state index >= 15 is 0 Å². The smallest absolute Gasteiger partial charge is 0.319 e. The Morgan fingerprint density at radius 3 is 2.27 bits per heavy atom. The van der Waals surface area contributed by atoms with Gasteiger partial charge in [0, 0.05) is 18.3 Å². The van der Waals surface area contributed by atoms with Crippen LogP contribution in [0.25, 0.3) is 0 Å². The van der Waals surface area contributed by atoms with Gasteiger partial charge < -0.3 is 20.7 Å². The maximum absolute atomic E-state index is 11.9. The maximum Gasteiger partial charge on any atom is 0.319 e. The molecule has 0 aliphatic heterocycles. The standard InChI is InChI=1S/C20H25N3O3/c1-14(2)16-5-4-6-19(13-16)26-12-11-21-20(25)23-18-9-7-17(8-10-18)22-15(3)24/h4-10,13-14H,11-12H2,1-3H3,(H,22,24)(H2,21,23,25). The lowest BCUT2D eigenvalue weighted by atomic mass is 10.0. The molecule has 0 saturated carbocycles. The molecule has 26 heavy (non-hydrogen) atoms. The van der Waals surface area contributed by atoms with E-state index in [1.54, 1.807) is 24.3 Å². The molecule has 0 bridgehead atoms. The van der Waals surface area contributed by atoms with Gasteiger partial charge in [-0.2, -0.15) is 0 Å². The Hall–Kier alpha value is -3.02. The number of urea groups is 1. The summed E-state index contributed by atoms with van der Waals surface area (Å²) >= 11 is 0. The Morgan fingerprint density at radius 2 is 1.65 bits per heavy atom. The van der Waals surface area contributed by atoms with Crippen LogP contribution >= 0.6 is 0 Å². The third-order valence-corrected chi connectivity index (χ3v) is 3.64. The summed E-state index contributed by atoms with van der Waals surface area (Å²) < 4.78 is 5.67. The minimum atomic E-state index is -0.309. The average molecular weight is 355 g/mol. The Labute approximate surface area is 153 Å². The van der Waals surface area contributed by atoms with Gasteiger partial charge in [0.1, 0.15) is 12.4 Å². The van der Waals surface area contributed by atoms with Crippen molar-refractivity contribution in [2.45, 2.75) is 26.7 Å². The molecule has 0 saturated heterocycles. The van der Waals surface area contributed by atoms with E-state index in [2.05, 4.69) is 35.9 Å². The number of carbonyl (C=O) groups is 2. The van der Waals surface area contributed by atoms with E-state index in [1.165, 1.54) is 12.5 Å². The predicted molar refractivity (Wildman–Crippen MR) is 104 cm³/mol. The molecule has 0 radical (unpaired) electrons. The Bertz CT molecular complexity index is 742. The van der Waals surface area contributed by atoms with Crippen molar-refractivity contribution in [2.75, 3.05) is 23.8 Å². The summed E-state index contributed by atoms with van der Waals surface area (Å²) in [5.41, 5.74) is 2.54. The minimum Gasteiger partial charge on any atom is -0.492 e. The molecule has 6 heteroatoms. The first-order chi connectivity index (χ1) is 12.4. The number of nitrogens with one attached hydrogen (secondary N) is 3. The molecular formula is C20H25N3O3. The molecule has 3 amide bonds. The normalized spacial score (nSPS) is 10.3. The van der Waals surface area contributed by atoms with Crippen molar-refractivity contribution < 1.29 is 14.3 Å². The van der Waals surface area contributed by atoms with Crippen molar-refractivity contribution in [3.05, 3.63) is 54.1 Å². The van der Waals surface area contributed by atoms with Crippen molar-refractivity contribution in [3.63, 3.8) is 0 Å². The summed E-state index contributed by atoms with van der Waals surface area (Å²) in [6, 6.07) is 14.5. The summed E-state index contributed by atoms with van der Waals surface area (Å²) in [6.45, 7) is 6.49. The molecule has 6 nitrogen and oxygen atoms in total. The summed E-state index contributed by atoms with van der Waals surface area (Å²) in [6.07, 6.45) is 0. The number of anilines is 2. The van der Waals surface area contributed by atoms with Crippen LogP contribution in [-0.4, -0.2) is 25.1 Å². The van der Waals surface area contributed by atoms with E-state index in [9.17, 15) is 9.59 Å². The van der Waals surface area contributed by atoms with Crippen LogP contribution in [-0.2, 0) is 4.79 Å². The second-order valence-corrected chi connectivity index (χ2v) is 6.22. The van der Waals surface area contributed by atoms with Crippen LogP contribution in [0, 0.1) is 0 Å². The van der Waals surface area contributed by atoms with Crippen LogP contribution < -0.4 is 20.7 Å². The van der Waals surface area contributed by atoms with Crippen LogP contribution in [0.4, 0.5) is 16.2 Å². The molecule has 0 aliphatic rings. The Morgan fingerprint density at radius 1 is 1.00 bits per heavy atom. The SMILES string of the molecule is CC(=O)Nc1ccc(NC(=O)NCCOc2cccc(C(C)C)c2)cc1. The first kappa shape index (κ1) is 19.3. The fraction of sp³-hybridized carbons (Fsp3) is 0.300. The molecule has 2 aromatic carbocycles. The molecule has 0 spiro atoms. The van der Waals surface area contributed by atoms with Crippen molar-refractivity contribution in [3.8, 4) is 5.75 Å². The highest BCUT2D eigenvalue weighted by Crippen LogP contribution is 2.20. The van der Waals surface area contributed by atoms with Crippen molar-refractivity contribution >= 4 is 23.3 Å². The number of amides is 3. The molecule has 0 aliphatic carbocycles. The molecule has 2 rings (SSSR count). The van der Waals surface area contributed by atoms with Gasteiger partial charge in [-0.05, 0) is 47.9 Å². The zero-order valence-electron chi connectivity index (χ0n) is 15.3. The third kappa shape index (κ3) is 6.47. The number of hydrogen-bond donors (Lipinski definition) is 3. The number of carbonyl (C=O) groups excluding carboxylic acids is 2. The van der Waals surface area contributed by atoms with Gasteiger partial charge in [-0.1, -0.05) is 26.0 Å². The van der Waals surface area contributed by atoms with Gasteiger partial charge >= 0.3 is 6.03 Å². The summed E-state index contributed by atoms with van der Waals surface area (Å²) in [4.78, 5) is 22.9. The highest BCUT2D eigenvalue weighted by molar-refractivity contribution is 5.91. The summed E-state index contributed by atoms with van der Waals surface area (Å²) in [5.74, 6) is 1.11. The molecule has 0 aromatic heterocycles. The van der Waals surface area contributed by atoms with Gasteiger partial charge in [0.2, 0.25) is 5.91 Å². The molecule has 0 unspecified atom stereocenters. The molecule has 3 N–H and O–H groups in total. The highest BCUT2D eigenvalue weighted by Gasteiger charge is 2.03. The number of ether oxygens (including phenoxy) is 1. The zero-order chi connectivity index (χ0) is 18.9. The first-order valence-corrected chi connectivity index (χ1v) is 8.59. The molecule has 0 fully saturated rings. The fourth-order valence-electron chi connectivity index (χ4n) is 2.31. The summed E-state index contributed by atoms with van der Waals surface area (Å²) in [5, 5.41) is 8.14. The van der Waals surface area contributed by atoms with E-state index in [0.29, 0.717) is 30.4 Å². The first-order valence-electron chi connectivity index (χ1n) is 8.59. The van der Waals surface area contributed by atoms with Gasteiger partial charge in [-0.3, -0.25) is 4.79 Å². The zero-order valence-corrected chi connectivity index (χ0v) is 15.3. The molecule has 0 heterocycles. The maximum atomic E-state index is 11.9. The predicted octanol–water partition coefficient (Wildman–Crippen LogP) is 3.97. The van der Waals surface area contributed by atoms with E-state index in [4.69, 9.17) is 4.74 Å². The van der Waals surface area contributed by atoms with Gasteiger partial charge in [0.25, 0.3) is 0 Å². The number of hydrogen-bond acceptors (Lipinski definition) is 3. The third-order valence-electron chi connectivity index (χ3n) is 3.64. The largest absolute Gasteiger partial charge is 0.492 e. The second-order valence-electron chi connectivity index (χ2n) is 6.22. The van der Waals surface area contributed by atoms with E-state index in [-0.39, 0.29) is 11.9 Å². The quantitative estimate of drug-likeness (QED) is 0.658. The van der Waals surface area contributed by atoms with Gasteiger partial charge in [0.15, 0.2) is 0 Å². The van der Waals surface area contributed by atoms with Gasteiger partial charge in [-0.25, -0.2) is 4.79 Å². The lowest BCUT2D eigenvalue weighted by molar-refractivity contribution is -0.114. The van der Waals surface area contributed by atoms with Crippen LogP contribution in [0.3, 0.4) is 0 Å². The minimum absolute atomic E-state index is 0.137.